The van der Waals surface area contributed by atoms with Crippen LogP contribution in [0.4, 0.5) is 11.4 Å². The Morgan fingerprint density at radius 3 is 2.43 bits per heavy atom. The highest BCUT2D eigenvalue weighted by Gasteiger charge is 2.31. The van der Waals surface area contributed by atoms with Crippen LogP contribution in [-0.2, 0) is 15.0 Å². The highest BCUT2D eigenvalue weighted by atomic mass is 16.6. The van der Waals surface area contributed by atoms with Crippen molar-refractivity contribution >= 4 is 23.1 Å². The van der Waals surface area contributed by atoms with Crippen molar-refractivity contribution in [2.75, 3.05) is 13.7 Å². The molecule has 0 saturated carbocycles. The average Bonchev–Trinajstić information content (AvgIpc) is 2.69. The summed E-state index contributed by atoms with van der Waals surface area (Å²) in [6.45, 7) is 6.61. The minimum atomic E-state index is -0.340. The highest BCUT2D eigenvalue weighted by Crippen LogP contribution is 2.38. The number of rotatable bonds is 5. The van der Waals surface area contributed by atoms with Gasteiger partial charge in [-0.3, -0.25) is 0 Å². The van der Waals surface area contributed by atoms with E-state index >= 15 is 0 Å². The topological polar surface area (TPSA) is 72.6 Å². The van der Waals surface area contributed by atoms with Gasteiger partial charge in [0.2, 0.25) is 0 Å². The lowest BCUT2D eigenvalue weighted by Gasteiger charge is -2.32. The first-order chi connectivity index (χ1) is 13.4. The molecule has 0 atom stereocenters. The quantitative estimate of drug-likeness (QED) is 0.380. The molecule has 0 amide bonds. The van der Waals surface area contributed by atoms with Crippen LogP contribution in [0.2, 0.25) is 0 Å². The largest absolute Gasteiger partial charge is 0.462 e. The van der Waals surface area contributed by atoms with Crippen molar-refractivity contribution in [1.29, 1.82) is 0 Å². The Morgan fingerprint density at radius 2 is 1.75 bits per heavy atom. The molecule has 6 heteroatoms. The van der Waals surface area contributed by atoms with Gasteiger partial charge in [-0.25, -0.2) is 4.79 Å². The molecule has 0 aromatic heterocycles. The lowest BCUT2D eigenvalue weighted by molar-refractivity contribution is 0.0526. The Hall–Kier alpha value is -3.02. The number of ether oxygens (including phenoxy) is 1. The Labute approximate surface area is 165 Å². The van der Waals surface area contributed by atoms with Crippen molar-refractivity contribution < 1.29 is 14.4 Å². The molecule has 2 aromatic rings. The van der Waals surface area contributed by atoms with Crippen molar-refractivity contribution in [3.63, 3.8) is 0 Å². The fourth-order valence-electron chi connectivity index (χ4n) is 3.32. The van der Waals surface area contributed by atoms with Crippen LogP contribution in [0.1, 0.15) is 55.1 Å². The smallest absolute Gasteiger partial charge is 0.338 e. The molecular formula is C22H25N3O3. The zero-order chi connectivity index (χ0) is 20.1. The molecule has 3 rings (SSSR count). The Balaban J connectivity index is 1.84. The lowest BCUT2D eigenvalue weighted by Crippen LogP contribution is -2.27. The Kier molecular flexibility index (Phi) is 5.87. The van der Waals surface area contributed by atoms with Crippen LogP contribution in [0.25, 0.3) is 0 Å². The summed E-state index contributed by atoms with van der Waals surface area (Å²) in [5, 5.41) is 12.8. The number of carbonyl (C=O) groups excluding carboxylic acids is 1. The fraction of sp³-hybridized carbons (Fsp3) is 0.364. The average molecular weight is 379 g/mol. The van der Waals surface area contributed by atoms with Gasteiger partial charge in [-0.15, -0.1) is 0 Å². The molecule has 6 nitrogen and oxygen atoms in total. The van der Waals surface area contributed by atoms with Crippen molar-refractivity contribution in [2.45, 2.75) is 39.0 Å². The van der Waals surface area contributed by atoms with Crippen molar-refractivity contribution in [3.8, 4) is 0 Å². The maximum Gasteiger partial charge on any atom is 0.338 e. The van der Waals surface area contributed by atoms with E-state index in [0.717, 1.165) is 29.8 Å². The number of benzene rings is 2. The predicted octanol–water partition coefficient (Wildman–Crippen LogP) is 5.70. The minimum Gasteiger partial charge on any atom is -0.462 e. The van der Waals surface area contributed by atoms with E-state index < -0.39 is 0 Å². The van der Waals surface area contributed by atoms with Crippen molar-refractivity contribution in [2.24, 2.45) is 15.4 Å². The van der Waals surface area contributed by atoms with Gasteiger partial charge in [0.25, 0.3) is 0 Å². The summed E-state index contributed by atoms with van der Waals surface area (Å²) >= 11 is 0. The minimum absolute atomic E-state index is 0.0840. The zero-order valence-electron chi connectivity index (χ0n) is 16.7. The van der Waals surface area contributed by atoms with Crippen molar-refractivity contribution in [3.05, 3.63) is 59.2 Å². The SMILES string of the molecule is CCOC(=O)c1ccc(N=Nc2ccc3c(c2)/C(=N/OC)CCC3(C)C)cc1. The molecular weight excluding hydrogens is 354 g/mol. The van der Waals surface area contributed by atoms with Gasteiger partial charge >= 0.3 is 5.97 Å². The number of hydrogen-bond donors (Lipinski definition) is 0. The number of oxime groups is 1. The normalized spacial score (nSPS) is 16.8. The molecule has 0 saturated heterocycles. The molecule has 0 unspecified atom stereocenters. The predicted molar refractivity (Wildman–Crippen MR) is 109 cm³/mol. The number of azo groups is 1. The number of esters is 1. The van der Waals surface area contributed by atoms with E-state index in [4.69, 9.17) is 9.57 Å². The molecule has 1 aliphatic rings. The monoisotopic (exact) mass is 379 g/mol. The molecule has 146 valence electrons. The highest BCUT2D eigenvalue weighted by molar-refractivity contribution is 6.03. The third kappa shape index (κ3) is 4.27. The first-order valence-corrected chi connectivity index (χ1v) is 9.38. The van der Waals surface area contributed by atoms with Crippen LogP contribution < -0.4 is 0 Å². The second kappa shape index (κ2) is 8.33. The maximum atomic E-state index is 11.7. The molecule has 0 bridgehead atoms. The summed E-state index contributed by atoms with van der Waals surface area (Å²) in [7, 11) is 1.57. The van der Waals surface area contributed by atoms with Crippen LogP contribution >= 0.6 is 0 Å². The third-order valence-electron chi connectivity index (χ3n) is 4.89. The lowest BCUT2D eigenvalue weighted by atomic mass is 9.72. The van der Waals surface area contributed by atoms with Gasteiger partial charge in [0.05, 0.1) is 29.3 Å². The molecule has 28 heavy (non-hydrogen) atoms. The molecule has 0 heterocycles. The molecule has 2 aromatic carbocycles. The second-order valence-corrected chi connectivity index (χ2v) is 7.30. The summed E-state index contributed by atoms with van der Waals surface area (Å²) in [6.07, 6.45) is 1.89. The van der Waals surface area contributed by atoms with E-state index in [1.54, 1.807) is 38.3 Å². The van der Waals surface area contributed by atoms with Crippen LogP contribution in [0, 0.1) is 0 Å². The molecule has 1 aliphatic carbocycles. The van der Waals surface area contributed by atoms with Gasteiger partial charge in [-0.1, -0.05) is 25.1 Å². The van der Waals surface area contributed by atoms with Crippen molar-refractivity contribution in [1.82, 2.24) is 0 Å². The number of fused-ring (bicyclic) bond motifs is 1. The van der Waals surface area contributed by atoms with Crippen LogP contribution in [0.5, 0.6) is 0 Å². The fourth-order valence-corrected chi connectivity index (χ4v) is 3.32. The summed E-state index contributed by atoms with van der Waals surface area (Å²) in [4.78, 5) is 16.7. The van der Waals surface area contributed by atoms with E-state index in [1.807, 2.05) is 12.1 Å². The Bertz CT molecular complexity index is 915. The number of carbonyl (C=O) groups is 1. The summed E-state index contributed by atoms with van der Waals surface area (Å²) in [5.41, 5.74) is 5.23. The van der Waals surface area contributed by atoms with Gasteiger partial charge < -0.3 is 9.57 Å². The molecule has 0 aliphatic heterocycles. The summed E-state index contributed by atoms with van der Waals surface area (Å²) in [5.74, 6) is -0.340. The first kappa shape index (κ1) is 19.7. The second-order valence-electron chi connectivity index (χ2n) is 7.30. The van der Waals surface area contributed by atoms with E-state index in [2.05, 4.69) is 35.3 Å². The van der Waals surface area contributed by atoms with Gasteiger partial charge in [-0.2, -0.15) is 10.2 Å². The van der Waals surface area contributed by atoms with Crippen LogP contribution in [0.3, 0.4) is 0 Å². The number of hydrogen-bond acceptors (Lipinski definition) is 6. The molecule has 0 spiro atoms. The van der Waals surface area contributed by atoms with Gasteiger partial charge in [-0.05, 0) is 67.1 Å². The van der Waals surface area contributed by atoms with E-state index in [0.29, 0.717) is 17.9 Å². The van der Waals surface area contributed by atoms with Crippen LogP contribution in [0.15, 0.2) is 57.8 Å². The standard InChI is InChI=1S/C22H25N3O3/c1-5-28-21(26)15-6-8-16(9-7-15)23-24-17-10-11-19-18(14-17)20(25-27-4)12-13-22(19,2)3/h6-11,14H,5,12-13H2,1-4H3/b24-23?,25-20+. The van der Waals surface area contributed by atoms with E-state index in [-0.39, 0.29) is 11.4 Å². The van der Waals surface area contributed by atoms with Crippen LogP contribution in [-0.4, -0.2) is 25.4 Å². The Morgan fingerprint density at radius 1 is 1.07 bits per heavy atom. The molecule has 0 radical (unpaired) electrons. The number of nitrogens with zero attached hydrogens (tertiary/aromatic N) is 3. The van der Waals surface area contributed by atoms with E-state index in [9.17, 15) is 4.79 Å². The summed E-state index contributed by atoms with van der Waals surface area (Å²) < 4.78 is 4.98. The van der Waals surface area contributed by atoms with E-state index in [1.165, 1.54) is 5.56 Å². The van der Waals surface area contributed by atoms with Gasteiger partial charge in [0.15, 0.2) is 0 Å². The molecule has 0 N–H and O–H groups in total. The van der Waals surface area contributed by atoms with Gasteiger partial charge in [0, 0.05) is 5.56 Å². The van der Waals surface area contributed by atoms with Gasteiger partial charge in [0.1, 0.15) is 7.11 Å². The maximum absolute atomic E-state index is 11.7. The zero-order valence-corrected chi connectivity index (χ0v) is 16.7. The molecule has 0 fully saturated rings. The first-order valence-electron chi connectivity index (χ1n) is 9.38. The summed E-state index contributed by atoms with van der Waals surface area (Å²) in [6, 6.07) is 12.9. The third-order valence-corrected chi connectivity index (χ3v) is 4.89.